The number of nitrogens with two attached hydrogens (primary N) is 2. The molecule has 1 fully saturated rings. The van der Waals surface area contributed by atoms with Crippen molar-refractivity contribution in [2.45, 2.75) is 19.0 Å². The molecule has 5 N–H and O–H groups in total. The van der Waals surface area contributed by atoms with Crippen molar-refractivity contribution < 1.29 is 5.43 Å². The van der Waals surface area contributed by atoms with Crippen LogP contribution in [0.1, 0.15) is 6.92 Å². The molecule has 3 unspecified atom stereocenters. The molecule has 0 spiro atoms. The van der Waals surface area contributed by atoms with Crippen LogP contribution in [-0.2, 0) is 0 Å². The highest BCUT2D eigenvalue weighted by Gasteiger charge is 2.29. The molecule has 1 heterocycles. The summed E-state index contributed by atoms with van der Waals surface area (Å²) in [5, 5.41) is 8.60. The van der Waals surface area contributed by atoms with Crippen LogP contribution in [0.25, 0.3) is 0 Å². The van der Waals surface area contributed by atoms with E-state index in [0.717, 1.165) is 6.54 Å². The van der Waals surface area contributed by atoms with Crippen molar-refractivity contribution in [2.24, 2.45) is 11.7 Å². The first-order valence-electron chi connectivity index (χ1n) is 3.48. The van der Waals surface area contributed by atoms with Crippen molar-refractivity contribution in [3.05, 3.63) is 0 Å². The summed E-state index contributed by atoms with van der Waals surface area (Å²) in [6, 6.07) is 2.40. The molecule has 1 rings (SSSR count). The highest BCUT2D eigenvalue weighted by molar-refractivity contribution is 4.94. The van der Waals surface area contributed by atoms with Gasteiger partial charge in [0.25, 0.3) is 0 Å². The lowest BCUT2D eigenvalue weighted by Crippen LogP contribution is -3.00. The van der Waals surface area contributed by atoms with E-state index < -0.39 is 0 Å². The zero-order valence-corrected chi connectivity index (χ0v) is 6.04. The predicted molar refractivity (Wildman–Crippen MR) is 36.5 cm³/mol. The highest BCUT2D eigenvalue weighted by Crippen LogP contribution is 2.03. The minimum atomic E-state index is -0.0185. The quantitative estimate of drug-likeness (QED) is 0.339. The molecule has 10 heavy (non-hydrogen) atoms. The first kappa shape index (κ1) is 7.48. The Balaban J connectivity index is 2.53. The van der Waals surface area contributed by atoms with Gasteiger partial charge in [-0.15, -0.1) is 0 Å². The third kappa shape index (κ3) is 1.27. The van der Waals surface area contributed by atoms with Crippen molar-refractivity contribution in [1.82, 2.24) is 5.43 Å². The summed E-state index contributed by atoms with van der Waals surface area (Å²) in [4.78, 5) is 0. The van der Waals surface area contributed by atoms with Gasteiger partial charge in [0.1, 0.15) is 12.5 Å². The van der Waals surface area contributed by atoms with Crippen LogP contribution in [0.15, 0.2) is 0 Å². The Hall–Kier alpha value is -0.630. The fourth-order valence-electron chi connectivity index (χ4n) is 1.14. The van der Waals surface area contributed by atoms with Crippen LogP contribution in [0, 0.1) is 17.2 Å². The number of hydrogen-bond acceptors (Lipinski definition) is 3. The maximum Gasteiger partial charge on any atom is 0.114 e. The number of rotatable bonds is 0. The van der Waals surface area contributed by atoms with Crippen LogP contribution in [0.4, 0.5) is 0 Å². The standard InChI is InChI=1S/C6H12N4/c1-4-6(8)5(2-7)3-9-10-4/h4-6,9-10H,3,8H2,1H3/p+1. The van der Waals surface area contributed by atoms with Gasteiger partial charge in [-0.25, -0.2) is 0 Å². The number of nitrogens with zero attached hydrogens (tertiary/aromatic N) is 1. The Morgan fingerprint density at radius 2 is 2.50 bits per heavy atom. The summed E-state index contributed by atoms with van der Waals surface area (Å²) in [6.45, 7) is 2.76. The molecule has 0 amide bonds. The molecule has 4 nitrogen and oxygen atoms in total. The van der Waals surface area contributed by atoms with E-state index in [0.29, 0.717) is 0 Å². The molecule has 0 saturated carbocycles. The van der Waals surface area contributed by atoms with Gasteiger partial charge in [-0.3, -0.25) is 5.43 Å². The molecule has 0 bridgehead atoms. The molecular weight excluding hydrogens is 128 g/mol. The first-order chi connectivity index (χ1) is 4.75. The molecule has 0 aliphatic carbocycles. The van der Waals surface area contributed by atoms with Crippen LogP contribution >= 0.6 is 0 Å². The third-order valence-corrected chi connectivity index (χ3v) is 1.96. The van der Waals surface area contributed by atoms with Gasteiger partial charge in [0, 0.05) is 6.04 Å². The van der Waals surface area contributed by atoms with Crippen molar-refractivity contribution in [3.8, 4) is 6.07 Å². The van der Waals surface area contributed by atoms with Gasteiger partial charge in [-0.1, -0.05) is 0 Å². The second-order valence-corrected chi connectivity index (χ2v) is 2.71. The Morgan fingerprint density at radius 1 is 1.80 bits per heavy atom. The lowest BCUT2D eigenvalue weighted by molar-refractivity contribution is -0.727. The summed E-state index contributed by atoms with van der Waals surface area (Å²) in [6.07, 6.45) is 0. The summed E-state index contributed by atoms with van der Waals surface area (Å²) in [7, 11) is 0. The van der Waals surface area contributed by atoms with E-state index in [1.165, 1.54) is 0 Å². The maximum absolute atomic E-state index is 8.60. The Bertz CT molecular complexity index is 150. The van der Waals surface area contributed by atoms with Crippen molar-refractivity contribution in [2.75, 3.05) is 6.54 Å². The summed E-state index contributed by atoms with van der Waals surface area (Å²) >= 11 is 0. The van der Waals surface area contributed by atoms with E-state index in [9.17, 15) is 0 Å². The maximum atomic E-state index is 8.60. The minimum Gasteiger partial charge on any atom is -0.325 e. The Kier molecular flexibility index (Phi) is 2.22. The molecule has 0 aromatic carbocycles. The average molecular weight is 141 g/mol. The molecule has 1 saturated heterocycles. The van der Waals surface area contributed by atoms with E-state index >= 15 is 0 Å². The zero-order valence-electron chi connectivity index (χ0n) is 6.04. The number of nitriles is 1. The van der Waals surface area contributed by atoms with Gasteiger partial charge in [0.2, 0.25) is 0 Å². The number of nitrogens with one attached hydrogen (secondary N) is 1. The molecular formula is C6H13N4+. The molecule has 0 radical (unpaired) electrons. The largest absolute Gasteiger partial charge is 0.325 e. The Morgan fingerprint density at radius 3 is 3.00 bits per heavy atom. The smallest absolute Gasteiger partial charge is 0.114 e. The zero-order chi connectivity index (χ0) is 7.56. The van der Waals surface area contributed by atoms with Crippen LogP contribution in [0.2, 0.25) is 0 Å². The third-order valence-electron chi connectivity index (χ3n) is 1.96. The summed E-state index contributed by atoms with van der Waals surface area (Å²) in [5.41, 5.74) is 10.7. The van der Waals surface area contributed by atoms with Crippen LogP contribution in [-0.4, -0.2) is 18.6 Å². The van der Waals surface area contributed by atoms with E-state index in [-0.39, 0.29) is 18.0 Å². The molecule has 56 valence electrons. The number of quaternary nitrogens is 1. The minimum absolute atomic E-state index is 0.00347. The molecule has 1 aliphatic rings. The van der Waals surface area contributed by atoms with Gasteiger partial charge in [0.15, 0.2) is 0 Å². The molecule has 1 aliphatic heterocycles. The van der Waals surface area contributed by atoms with Crippen LogP contribution in [0.5, 0.6) is 0 Å². The van der Waals surface area contributed by atoms with Gasteiger partial charge >= 0.3 is 0 Å². The van der Waals surface area contributed by atoms with Crippen molar-refractivity contribution >= 4 is 0 Å². The second kappa shape index (κ2) is 2.97. The number of hydrogen-bond donors (Lipinski definition) is 3. The average Bonchev–Trinajstić information content (AvgIpc) is 1.95. The van der Waals surface area contributed by atoms with E-state index in [1.54, 1.807) is 0 Å². The molecule has 3 atom stereocenters. The topological polar surface area (TPSA) is 78.5 Å². The molecule has 4 heteroatoms. The summed E-state index contributed by atoms with van der Waals surface area (Å²) < 4.78 is 0. The first-order valence-corrected chi connectivity index (χ1v) is 3.48. The monoisotopic (exact) mass is 141 g/mol. The molecule has 0 aromatic rings. The van der Waals surface area contributed by atoms with Gasteiger partial charge in [0.05, 0.1) is 12.1 Å². The van der Waals surface area contributed by atoms with Gasteiger partial charge < -0.3 is 5.73 Å². The lowest BCUT2D eigenvalue weighted by atomic mass is 9.95. The van der Waals surface area contributed by atoms with E-state index in [1.807, 2.05) is 12.3 Å². The fourth-order valence-corrected chi connectivity index (χ4v) is 1.14. The molecule has 0 aromatic heterocycles. The summed E-state index contributed by atoms with van der Waals surface area (Å²) in [5.74, 6) is -0.00347. The predicted octanol–water partition coefficient (Wildman–Crippen LogP) is -2.08. The van der Waals surface area contributed by atoms with E-state index in [2.05, 4.69) is 11.5 Å². The lowest BCUT2D eigenvalue weighted by Gasteiger charge is -2.27. The van der Waals surface area contributed by atoms with Crippen LogP contribution < -0.4 is 16.6 Å². The van der Waals surface area contributed by atoms with Crippen molar-refractivity contribution in [3.63, 3.8) is 0 Å². The Labute approximate surface area is 60.4 Å². The van der Waals surface area contributed by atoms with E-state index in [4.69, 9.17) is 11.0 Å². The van der Waals surface area contributed by atoms with Crippen molar-refractivity contribution in [1.29, 1.82) is 5.26 Å². The van der Waals surface area contributed by atoms with Crippen LogP contribution in [0.3, 0.4) is 0 Å². The SMILES string of the molecule is CC1N[NH2+]CC(C#N)C1N. The fraction of sp³-hybridized carbons (Fsp3) is 0.833. The highest BCUT2D eigenvalue weighted by atomic mass is 15.4. The normalized spacial score (nSPS) is 40.7. The van der Waals surface area contributed by atoms with Gasteiger partial charge in [-0.2, -0.15) is 10.7 Å². The van der Waals surface area contributed by atoms with Gasteiger partial charge in [-0.05, 0) is 6.92 Å². The second-order valence-electron chi connectivity index (χ2n) is 2.71.